The highest BCUT2D eigenvalue weighted by Gasteiger charge is 2.19. The minimum absolute atomic E-state index is 0.0585. The van der Waals surface area contributed by atoms with Gasteiger partial charge in [-0.05, 0) is 42.5 Å². The third kappa shape index (κ3) is 5.10. The van der Waals surface area contributed by atoms with Gasteiger partial charge in [0.25, 0.3) is 11.8 Å². The SMILES string of the molecule is COc1ccc(NC(=O)c2ccc(/C(N)=N/O)cc2F)c(C(=O)Nc2ccc(Cl)cn2)c1. The van der Waals surface area contributed by atoms with Gasteiger partial charge in [-0.15, -0.1) is 0 Å². The van der Waals surface area contributed by atoms with E-state index in [0.29, 0.717) is 10.8 Å². The second-order valence-electron chi connectivity index (χ2n) is 6.36. The number of hydrogen-bond acceptors (Lipinski definition) is 6. The molecular weight excluding hydrogens is 441 g/mol. The van der Waals surface area contributed by atoms with Crippen LogP contribution in [0.4, 0.5) is 15.9 Å². The van der Waals surface area contributed by atoms with Crippen molar-refractivity contribution in [1.82, 2.24) is 4.98 Å². The summed E-state index contributed by atoms with van der Waals surface area (Å²) in [5, 5.41) is 17.0. The van der Waals surface area contributed by atoms with E-state index in [1.807, 2.05) is 0 Å². The first kappa shape index (κ1) is 22.5. The van der Waals surface area contributed by atoms with E-state index in [4.69, 9.17) is 27.3 Å². The van der Waals surface area contributed by atoms with Crippen molar-refractivity contribution in [1.29, 1.82) is 0 Å². The first-order valence-corrected chi connectivity index (χ1v) is 9.40. The Bertz CT molecular complexity index is 1200. The number of carbonyl (C=O) groups excluding carboxylic acids is 2. The zero-order valence-corrected chi connectivity index (χ0v) is 17.4. The summed E-state index contributed by atoms with van der Waals surface area (Å²) >= 11 is 5.80. The van der Waals surface area contributed by atoms with E-state index in [9.17, 15) is 14.0 Å². The molecule has 32 heavy (non-hydrogen) atoms. The number of nitrogens with one attached hydrogen (secondary N) is 2. The Hall–Kier alpha value is -4.18. The molecule has 1 aromatic heterocycles. The highest BCUT2D eigenvalue weighted by Crippen LogP contribution is 2.24. The molecule has 0 bridgehead atoms. The molecule has 0 aliphatic rings. The van der Waals surface area contributed by atoms with Crippen LogP contribution in [0.3, 0.4) is 0 Å². The van der Waals surface area contributed by atoms with E-state index in [-0.39, 0.29) is 34.0 Å². The quantitative estimate of drug-likeness (QED) is 0.193. The number of amidine groups is 1. The lowest BCUT2D eigenvalue weighted by Gasteiger charge is -2.13. The smallest absolute Gasteiger partial charge is 0.259 e. The van der Waals surface area contributed by atoms with Gasteiger partial charge in [0.05, 0.1) is 28.9 Å². The number of amides is 2. The van der Waals surface area contributed by atoms with Gasteiger partial charge >= 0.3 is 0 Å². The third-order valence-corrected chi connectivity index (χ3v) is 4.53. The van der Waals surface area contributed by atoms with Crippen LogP contribution in [0, 0.1) is 5.82 Å². The maximum absolute atomic E-state index is 14.4. The molecule has 1 heterocycles. The Labute approximate surface area is 186 Å². The Morgan fingerprint density at radius 3 is 2.47 bits per heavy atom. The van der Waals surface area contributed by atoms with Crippen LogP contribution in [0.2, 0.25) is 5.02 Å². The second-order valence-corrected chi connectivity index (χ2v) is 6.80. The number of methoxy groups -OCH3 is 1. The van der Waals surface area contributed by atoms with Gasteiger partial charge in [-0.1, -0.05) is 22.8 Å². The second kappa shape index (κ2) is 9.75. The number of ether oxygens (including phenoxy) is 1. The minimum Gasteiger partial charge on any atom is -0.497 e. The zero-order chi connectivity index (χ0) is 23.3. The van der Waals surface area contributed by atoms with Crippen LogP contribution in [0.25, 0.3) is 0 Å². The number of benzene rings is 2. The van der Waals surface area contributed by atoms with E-state index < -0.39 is 17.6 Å². The van der Waals surface area contributed by atoms with Crippen LogP contribution in [0.5, 0.6) is 5.75 Å². The fraction of sp³-hybridized carbons (Fsp3) is 0.0476. The van der Waals surface area contributed by atoms with E-state index in [1.54, 1.807) is 6.07 Å². The van der Waals surface area contributed by atoms with Crippen LogP contribution < -0.4 is 21.1 Å². The summed E-state index contributed by atoms with van der Waals surface area (Å²) in [7, 11) is 1.42. The summed E-state index contributed by atoms with van der Waals surface area (Å²) in [5.74, 6) is -1.98. The van der Waals surface area contributed by atoms with Gasteiger partial charge in [0.1, 0.15) is 17.4 Å². The monoisotopic (exact) mass is 457 g/mol. The fourth-order valence-corrected chi connectivity index (χ4v) is 2.80. The number of nitrogens with zero attached hydrogens (tertiary/aromatic N) is 2. The van der Waals surface area contributed by atoms with Crippen molar-refractivity contribution in [3.05, 3.63) is 82.3 Å². The third-order valence-electron chi connectivity index (χ3n) is 4.31. The van der Waals surface area contributed by atoms with Crippen molar-refractivity contribution >= 4 is 40.8 Å². The maximum Gasteiger partial charge on any atom is 0.259 e. The lowest BCUT2D eigenvalue weighted by molar-refractivity contribution is 0.102. The van der Waals surface area contributed by atoms with Gasteiger partial charge in [0.2, 0.25) is 0 Å². The van der Waals surface area contributed by atoms with Crippen molar-refractivity contribution in [2.24, 2.45) is 10.9 Å². The minimum atomic E-state index is -0.892. The van der Waals surface area contributed by atoms with Gasteiger partial charge in [-0.25, -0.2) is 9.37 Å². The van der Waals surface area contributed by atoms with Gasteiger partial charge < -0.3 is 26.3 Å². The largest absolute Gasteiger partial charge is 0.497 e. The molecule has 0 unspecified atom stereocenters. The molecule has 0 saturated carbocycles. The Balaban J connectivity index is 1.88. The molecule has 5 N–H and O–H groups in total. The highest BCUT2D eigenvalue weighted by atomic mass is 35.5. The Morgan fingerprint density at radius 2 is 1.84 bits per heavy atom. The molecule has 9 nitrogen and oxygen atoms in total. The molecule has 3 rings (SSSR count). The van der Waals surface area contributed by atoms with Crippen molar-refractivity contribution < 1.29 is 23.9 Å². The number of anilines is 2. The van der Waals surface area contributed by atoms with E-state index in [0.717, 1.165) is 6.07 Å². The van der Waals surface area contributed by atoms with Crippen LogP contribution in [-0.4, -0.2) is 35.0 Å². The predicted octanol–water partition coefficient (Wildman–Crippen LogP) is 3.48. The summed E-state index contributed by atoms with van der Waals surface area (Å²) in [6, 6.07) is 10.9. The summed E-state index contributed by atoms with van der Waals surface area (Å²) in [6.45, 7) is 0. The molecular formula is C21H17ClFN5O4. The average Bonchev–Trinajstić information content (AvgIpc) is 2.80. The van der Waals surface area contributed by atoms with E-state index in [1.165, 1.54) is 49.7 Å². The number of rotatable bonds is 6. The summed E-state index contributed by atoms with van der Waals surface area (Å²) in [5.41, 5.74) is 5.39. The molecule has 11 heteroatoms. The zero-order valence-electron chi connectivity index (χ0n) is 16.6. The Morgan fingerprint density at radius 1 is 1.09 bits per heavy atom. The topological polar surface area (TPSA) is 139 Å². The van der Waals surface area contributed by atoms with Gasteiger partial charge in [-0.2, -0.15) is 0 Å². The normalized spacial score (nSPS) is 11.0. The van der Waals surface area contributed by atoms with Crippen molar-refractivity contribution in [2.75, 3.05) is 17.7 Å². The summed E-state index contributed by atoms with van der Waals surface area (Å²) in [4.78, 5) is 29.5. The van der Waals surface area contributed by atoms with E-state index >= 15 is 0 Å². The molecule has 0 fully saturated rings. The molecule has 0 saturated heterocycles. The van der Waals surface area contributed by atoms with Crippen LogP contribution in [0.1, 0.15) is 26.3 Å². The number of nitrogens with two attached hydrogens (primary N) is 1. The number of oxime groups is 1. The highest BCUT2D eigenvalue weighted by molar-refractivity contribution is 6.30. The van der Waals surface area contributed by atoms with Gasteiger partial charge in [0.15, 0.2) is 5.84 Å². The molecule has 2 amide bonds. The van der Waals surface area contributed by atoms with Crippen molar-refractivity contribution in [3.8, 4) is 5.75 Å². The first-order valence-electron chi connectivity index (χ1n) is 9.02. The summed E-state index contributed by atoms with van der Waals surface area (Å²) < 4.78 is 19.6. The lowest BCUT2D eigenvalue weighted by Crippen LogP contribution is -2.20. The molecule has 0 aliphatic heterocycles. The number of carbonyl (C=O) groups is 2. The summed E-state index contributed by atoms with van der Waals surface area (Å²) in [6.07, 6.45) is 1.37. The molecule has 0 atom stereocenters. The molecule has 0 aliphatic carbocycles. The molecule has 164 valence electrons. The fourth-order valence-electron chi connectivity index (χ4n) is 2.69. The molecule has 2 aromatic carbocycles. The van der Waals surface area contributed by atoms with E-state index in [2.05, 4.69) is 20.8 Å². The number of hydrogen-bond donors (Lipinski definition) is 4. The molecule has 0 radical (unpaired) electrons. The van der Waals surface area contributed by atoms with Crippen LogP contribution in [-0.2, 0) is 0 Å². The number of halogens is 2. The standard InChI is InChI=1S/C21H17ClFN5O4/c1-32-13-4-6-17(15(9-13)21(30)27-18-7-3-12(22)10-25-18)26-20(29)14-5-2-11(8-16(14)23)19(24)28-31/h2-10,31H,1H3,(H2,24,28)(H,26,29)(H,25,27,30). The van der Waals surface area contributed by atoms with Crippen LogP contribution >= 0.6 is 11.6 Å². The lowest BCUT2D eigenvalue weighted by atomic mass is 10.1. The first-order chi connectivity index (χ1) is 15.3. The van der Waals surface area contributed by atoms with Crippen molar-refractivity contribution in [3.63, 3.8) is 0 Å². The average molecular weight is 458 g/mol. The Kier molecular flexibility index (Phi) is 6.86. The predicted molar refractivity (Wildman–Crippen MR) is 117 cm³/mol. The molecule has 0 spiro atoms. The number of pyridine rings is 1. The van der Waals surface area contributed by atoms with Gasteiger partial charge in [-0.3, -0.25) is 9.59 Å². The number of aromatic nitrogens is 1. The van der Waals surface area contributed by atoms with Gasteiger partial charge in [0, 0.05) is 11.8 Å². The van der Waals surface area contributed by atoms with Crippen molar-refractivity contribution in [2.45, 2.75) is 0 Å². The molecule has 3 aromatic rings. The van der Waals surface area contributed by atoms with Crippen LogP contribution in [0.15, 0.2) is 59.9 Å². The maximum atomic E-state index is 14.4.